The molecule has 0 saturated carbocycles. The van der Waals surface area contributed by atoms with Crippen LogP contribution in [0.4, 0.5) is 0 Å². The fourth-order valence-corrected chi connectivity index (χ4v) is 7.87. The fraction of sp³-hybridized carbons (Fsp3) is 0.233. The van der Waals surface area contributed by atoms with E-state index in [0.717, 1.165) is 10.5 Å². The van der Waals surface area contributed by atoms with Gasteiger partial charge in [-0.2, -0.15) is 0 Å². The van der Waals surface area contributed by atoms with Gasteiger partial charge in [-0.3, -0.25) is 9.59 Å². The van der Waals surface area contributed by atoms with Gasteiger partial charge < -0.3 is 19.7 Å². The molecule has 9 nitrogen and oxygen atoms in total. The molecule has 1 fully saturated rings. The maximum absolute atomic E-state index is 13.5. The SMILES string of the molecule is C=CC(C)(C(=O)OCc1ccc(OC)cc1)N1C(=O)C(NC(=O)Cc2ccccc2)C1SS(=O)(=O)c1ccccc1. The maximum atomic E-state index is 13.5. The molecule has 214 valence electrons. The van der Waals surface area contributed by atoms with Crippen molar-refractivity contribution in [2.24, 2.45) is 0 Å². The van der Waals surface area contributed by atoms with Crippen LogP contribution in [0.25, 0.3) is 0 Å². The van der Waals surface area contributed by atoms with Gasteiger partial charge in [0.25, 0.3) is 0 Å². The number of β-lactam (4-membered cyclic amide) rings is 1. The highest BCUT2D eigenvalue weighted by molar-refractivity contribution is 8.72. The summed E-state index contributed by atoms with van der Waals surface area (Å²) >= 11 is 0. The fourth-order valence-electron chi connectivity index (χ4n) is 4.26. The molecule has 41 heavy (non-hydrogen) atoms. The van der Waals surface area contributed by atoms with Crippen LogP contribution >= 0.6 is 10.8 Å². The lowest BCUT2D eigenvalue weighted by Gasteiger charge is -2.52. The van der Waals surface area contributed by atoms with Gasteiger partial charge in [0.15, 0.2) is 5.54 Å². The quantitative estimate of drug-likeness (QED) is 0.146. The van der Waals surface area contributed by atoms with Gasteiger partial charge in [-0.15, -0.1) is 6.58 Å². The Morgan fingerprint density at radius 3 is 2.20 bits per heavy atom. The van der Waals surface area contributed by atoms with Crippen LogP contribution in [0.1, 0.15) is 18.1 Å². The summed E-state index contributed by atoms with van der Waals surface area (Å²) in [6, 6.07) is 22.4. The molecule has 0 spiro atoms. The summed E-state index contributed by atoms with van der Waals surface area (Å²) in [6.45, 7) is 5.08. The number of nitrogens with zero attached hydrogens (tertiary/aromatic N) is 1. The van der Waals surface area contributed by atoms with Crippen molar-refractivity contribution < 1.29 is 32.3 Å². The normalized spacial score (nSPS) is 18.0. The number of benzene rings is 3. The van der Waals surface area contributed by atoms with Gasteiger partial charge in [0.1, 0.15) is 23.8 Å². The first-order valence-electron chi connectivity index (χ1n) is 12.7. The van der Waals surface area contributed by atoms with E-state index >= 15 is 0 Å². The van der Waals surface area contributed by atoms with Crippen molar-refractivity contribution in [2.45, 2.75) is 41.8 Å². The summed E-state index contributed by atoms with van der Waals surface area (Å²) in [5, 5.41) is 1.52. The minimum absolute atomic E-state index is 0.00390. The Kier molecular flexibility index (Phi) is 9.19. The second-order valence-electron chi connectivity index (χ2n) is 9.45. The number of rotatable bonds is 12. The molecule has 0 aliphatic carbocycles. The molecule has 1 aliphatic rings. The van der Waals surface area contributed by atoms with E-state index in [1.165, 1.54) is 25.1 Å². The number of methoxy groups -OCH3 is 1. The monoisotopic (exact) mass is 594 g/mol. The van der Waals surface area contributed by atoms with E-state index in [4.69, 9.17) is 9.47 Å². The van der Waals surface area contributed by atoms with Crippen molar-refractivity contribution in [3.8, 4) is 5.75 Å². The minimum Gasteiger partial charge on any atom is -0.497 e. The highest BCUT2D eigenvalue weighted by atomic mass is 33.1. The molecule has 3 atom stereocenters. The Balaban J connectivity index is 1.57. The number of carbonyl (C=O) groups is 3. The molecular formula is C30H30N2O7S2. The van der Waals surface area contributed by atoms with Crippen molar-refractivity contribution >= 4 is 37.4 Å². The first kappa shape index (κ1) is 29.9. The predicted molar refractivity (Wildman–Crippen MR) is 155 cm³/mol. The molecular weight excluding hydrogens is 564 g/mol. The van der Waals surface area contributed by atoms with E-state index in [1.54, 1.807) is 73.8 Å². The van der Waals surface area contributed by atoms with Crippen LogP contribution in [0.15, 0.2) is 102 Å². The molecule has 3 aromatic carbocycles. The van der Waals surface area contributed by atoms with Gasteiger partial charge in [-0.25, -0.2) is 13.2 Å². The lowest BCUT2D eigenvalue weighted by Crippen LogP contribution is -2.76. The average Bonchev–Trinajstić information content (AvgIpc) is 2.99. The first-order chi connectivity index (χ1) is 19.6. The van der Waals surface area contributed by atoms with Crippen LogP contribution in [0, 0.1) is 0 Å². The van der Waals surface area contributed by atoms with Crippen LogP contribution in [-0.4, -0.2) is 55.2 Å². The van der Waals surface area contributed by atoms with Crippen LogP contribution < -0.4 is 10.1 Å². The molecule has 1 heterocycles. The number of esters is 1. The number of nitrogens with one attached hydrogen (secondary N) is 1. The number of carbonyl (C=O) groups excluding carboxylic acids is 3. The largest absolute Gasteiger partial charge is 0.497 e. The summed E-state index contributed by atoms with van der Waals surface area (Å²) in [7, 11) is -1.97. The summed E-state index contributed by atoms with van der Waals surface area (Å²) in [4.78, 5) is 40.8. The van der Waals surface area contributed by atoms with Crippen LogP contribution in [0.3, 0.4) is 0 Å². The second-order valence-corrected chi connectivity index (χ2v) is 13.4. The van der Waals surface area contributed by atoms with E-state index < -0.39 is 43.6 Å². The van der Waals surface area contributed by atoms with Crippen LogP contribution in [0.5, 0.6) is 5.75 Å². The second kappa shape index (κ2) is 12.6. The number of hydrogen-bond donors (Lipinski definition) is 1. The van der Waals surface area contributed by atoms with Gasteiger partial charge in [-0.1, -0.05) is 66.7 Å². The van der Waals surface area contributed by atoms with Crippen molar-refractivity contribution in [1.82, 2.24) is 10.2 Å². The number of hydrogen-bond acceptors (Lipinski definition) is 8. The molecule has 1 saturated heterocycles. The third-order valence-electron chi connectivity index (χ3n) is 6.66. The summed E-state index contributed by atoms with van der Waals surface area (Å²) in [5.74, 6) is -1.24. The number of amides is 2. The molecule has 2 amide bonds. The molecule has 1 N–H and O–H groups in total. The van der Waals surface area contributed by atoms with Crippen LogP contribution in [-0.2, 0) is 41.0 Å². The van der Waals surface area contributed by atoms with Gasteiger partial charge in [0.05, 0.1) is 18.4 Å². The van der Waals surface area contributed by atoms with Crippen LogP contribution in [0.2, 0.25) is 0 Å². The number of likely N-dealkylation sites (tertiary alicyclic amines) is 1. The standard InChI is InChI=1S/C30H30N2O7S2/c1-4-30(2,29(35)39-20-22-15-17-23(38-3)18-16-22)32-27(34)26(31-25(33)19-21-11-7-5-8-12-21)28(32)40-41(36,37)24-13-9-6-10-14-24/h4-18,26,28H,1,19-20H2,2-3H3,(H,31,33). The summed E-state index contributed by atoms with van der Waals surface area (Å²) in [6.07, 6.45) is 1.24. The van der Waals surface area contributed by atoms with E-state index in [1.807, 2.05) is 6.07 Å². The molecule has 11 heteroatoms. The molecule has 1 aliphatic heterocycles. The average molecular weight is 595 g/mol. The highest BCUT2D eigenvalue weighted by Crippen LogP contribution is 2.42. The molecule has 0 radical (unpaired) electrons. The van der Waals surface area contributed by atoms with Gasteiger partial charge in [-0.05, 0) is 42.3 Å². The Hall–Kier alpha value is -4.09. The smallest absolute Gasteiger partial charge is 0.336 e. The van der Waals surface area contributed by atoms with Gasteiger partial charge in [0.2, 0.25) is 20.7 Å². The molecule has 0 aromatic heterocycles. The molecule has 4 rings (SSSR count). The third-order valence-corrected chi connectivity index (χ3v) is 10.4. The van der Waals surface area contributed by atoms with E-state index in [2.05, 4.69) is 11.9 Å². The summed E-state index contributed by atoms with van der Waals surface area (Å²) < 4.78 is 37.3. The Labute approximate surface area is 242 Å². The zero-order chi connectivity index (χ0) is 29.6. The third kappa shape index (κ3) is 6.63. The zero-order valence-electron chi connectivity index (χ0n) is 22.6. The van der Waals surface area contributed by atoms with Crippen molar-refractivity contribution in [3.05, 3.63) is 109 Å². The van der Waals surface area contributed by atoms with Crippen molar-refractivity contribution in [3.63, 3.8) is 0 Å². The van der Waals surface area contributed by atoms with E-state index in [9.17, 15) is 22.8 Å². The van der Waals surface area contributed by atoms with Gasteiger partial charge in [0, 0.05) is 10.8 Å². The maximum Gasteiger partial charge on any atom is 0.336 e. The first-order valence-corrected chi connectivity index (χ1v) is 15.6. The lowest BCUT2D eigenvalue weighted by atomic mass is 9.92. The Morgan fingerprint density at radius 1 is 1.00 bits per heavy atom. The molecule has 3 unspecified atom stereocenters. The Bertz CT molecular complexity index is 1510. The highest BCUT2D eigenvalue weighted by Gasteiger charge is 2.59. The minimum atomic E-state index is -3.99. The predicted octanol–water partition coefficient (Wildman–Crippen LogP) is 3.70. The van der Waals surface area contributed by atoms with E-state index in [0.29, 0.717) is 22.1 Å². The molecule has 3 aromatic rings. The van der Waals surface area contributed by atoms with E-state index in [-0.39, 0.29) is 17.9 Å². The Morgan fingerprint density at radius 2 is 1.61 bits per heavy atom. The number of ether oxygens (including phenoxy) is 2. The van der Waals surface area contributed by atoms with Crippen molar-refractivity contribution in [2.75, 3.05) is 7.11 Å². The van der Waals surface area contributed by atoms with Gasteiger partial charge >= 0.3 is 5.97 Å². The summed E-state index contributed by atoms with van der Waals surface area (Å²) in [5.41, 5.74) is -0.300. The molecule has 0 bridgehead atoms. The zero-order valence-corrected chi connectivity index (χ0v) is 24.2. The topological polar surface area (TPSA) is 119 Å². The lowest BCUT2D eigenvalue weighted by molar-refractivity contribution is -0.171. The van der Waals surface area contributed by atoms with Crippen molar-refractivity contribution in [1.29, 1.82) is 0 Å².